The lowest BCUT2D eigenvalue weighted by molar-refractivity contribution is 0.414. The largest absolute Gasteiger partial charge is 0.497 e. The SMILES string of the molecule is COc1ccc(CCS(=O)c2c(N)cccc2Cl)cc1. The summed E-state index contributed by atoms with van der Waals surface area (Å²) in [6.45, 7) is 0. The van der Waals surface area contributed by atoms with Crippen molar-refractivity contribution in [3.8, 4) is 5.75 Å². The maximum absolute atomic E-state index is 12.3. The molecule has 0 saturated heterocycles. The minimum Gasteiger partial charge on any atom is -0.497 e. The summed E-state index contributed by atoms with van der Waals surface area (Å²) >= 11 is 6.06. The van der Waals surface area contributed by atoms with E-state index in [-0.39, 0.29) is 0 Å². The number of nitrogens with two attached hydrogens (primary N) is 1. The van der Waals surface area contributed by atoms with Crippen LogP contribution in [0.2, 0.25) is 5.02 Å². The Hall–Kier alpha value is -1.52. The minimum atomic E-state index is -1.20. The van der Waals surface area contributed by atoms with Gasteiger partial charge in [0.2, 0.25) is 0 Å². The van der Waals surface area contributed by atoms with Crippen molar-refractivity contribution in [3.05, 3.63) is 53.1 Å². The van der Waals surface area contributed by atoms with Crippen LogP contribution in [0.1, 0.15) is 5.56 Å². The molecule has 1 atom stereocenters. The summed E-state index contributed by atoms with van der Waals surface area (Å²) in [6.07, 6.45) is 0.696. The molecule has 2 aromatic rings. The highest BCUT2D eigenvalue weighted by Gasteiger charge is 2.12. The van der Waals surface area contributed by atoms with Crippen molar-refractivity contribution in [3.63, 3.8) is 0 Å². The van der Waals surface area contributed by atoms with Crippen LogP contribution in [0.25, 0.3) is 0 Å². The number of benzene rings is 2. The molecule has 0 amide bonds. The average Bonchev–Trinajstić information content (AvgIpc) is 2.45. The Balaban J connectivity index is 2.05. The summed E-state index contributed by atoms with van der Waals surface area (Å²) in [7, 11) is 0.427. The van der Waals surface area contributed by atoms with Crippen LogP contribution in [-0.4, -0.2) is 17.1 Å². The molecule has 2 N–H and O–H groups in total. The predicted octanol–water partition coefficient (Wildman–Crippen LogP) is 3.28. The van der Waals surface area contributed by atoms with E-state index in [1.165, 1.54) is 0 Å². The zero-order valence-electron chi connectivity index (χ0n) is 11.1. The van der Waals surface area contributed by atoms with Gasteiger partial charge in [-0.1, -0.05) is 29.8 Å². The third-order valence-corrected chi connectivity index (χ3v) is 4.87. The molecule has 106 valence electrons. The molecule has 20 heavy (non-hydrogen) atoms. The van der Waals surface area contributed by atoms with Crippen LogP contribution in [-0.2, 0) is 17.2 Å². The van der Waals surface area contributed by atoms with Crippen LogP contribution >= 0.6 is 11.6 Å². The van der Waals surface area contributed by atoms with Crippen molar-refractivity contribution < 1.29 is 8.95 Å². The van der Waals surface area contributed by atoms with E-state index in [1.807, 2.05) is 24.3 Å². The number of ether oxygens (including phenoxy) is 1. The van der Waals surface area contributed by atoms with E-state index in [0.717, 1.165) is 11.3 Å². The van der Waals surface area contributed by atoms with Crippen LogP contribution in [0.5, 0.6) is 5.75 Å². The summed E-state index contributed by atoms with van der Waals surface area (Å²) < 4.78 is 17.4. The van der Waals surface area contributed by atoms with Gasteiger partial charge in [0.25, 0.3) is 0 Å². The molecule has 5 heteroatoms. The number of anilines is 1. The fourth-order valence-electron chi connectivity index (χ4n) is 1.87. The quantitative estimate of drug-likeness (QED) is 0.862. The Bertz CT molecular complexity index is 594. The summed E-state index contributed by atoms with van der Waals surface area (Å²) in [5.41, 5.74) is 7.41. The smallest absolute Gasteiger partial charge is 0.118 e. The summed E-state index contributed by atoms with van der Waals surface area (Å²) in [5, 5.41) is 0.457. The van der Waals surface area contributed by atoms with Gasteiger partial charge >= 0.3 is 0 Å². The number of methoxy groups -OCH3 is 1. The lowest BCUT2D eigenvalue weighted by Gasteiger charge is -2.08. The molecule has 0 heterocycles. The van der Waals surface area contributed by atoms with Gasteiger partial charge in [0.1, 0.15) is 5.75 Å². The first-order valence-corrected chi connectivity index (χ1v) is 7.87. The molecule has 2 aromatic carbocycles. The minimum absolute atomic E-state index is 0.457. The van der Waals surface area contributed by atoms with E-state index in [0.29, 0.717) is 27.8 Å². The number of aryl methyl sites for hydroxylation is 1. The molecule has 0 fully saturated rings. The Labute approximate surface area is 126 Å². The fourth-order valence-corrected chi connectivity index (χ4v) is 3.55. The van der Waals surface area contributed by atoms with Crippen molar-refractivity contribution in [2.24, 2.45) is 0 Å². The van der Waals surface area contributed by atoms with E-state index in [2.05, 4.69) is 0 Å². The Kier molecular flexibility index (Phi) is 5.04. The lowest BCUT2D eigenvalue weighted by atomic mass is 10.2. The maximum Gasteiger partial charge on any atom is 0.118 e. The van der Waals surface area contributed by atoms with Crippen LogP contribution in [0.4, 0.5) is 5.69 Å². The van der Waals surface area contributed by atoms with Crippen LogP contribution < -0.4 is 10.5 Å². The normalized spacial score (nSPS) is 12.1. The first kappa shape index (κ1) is 14.9. The Morgan fingerprint density at radius 3 is 2.50 bits per heavy atom. The highest BCUT2D eigenvalue weighted by molar-refractivity contribution is 7.85. The second kappa shape index (κ2) is 6.77. The molecule has 0 saturated carbocycles. The summed E-state index contributed by atoms with van der Waals surface area (Å²) in [6, 6.07) is 12.9. The second-order valence-electron chi connectivity index (χ2n) is 4.31. The highest BCUT2D eigenvalue weighted by atomic mass is 35.5. The predicted molar refractivity (Wildman–Crippen MR) is 83.8 cm³/mol. The first-order chi connectivity index (χ1) is 9.61. The Morgan fingerprint density at radius 1 is 1.20 bits per heavy atom. The monoisotopic (exact) mass is 309 g/mol. The van der Waals surface area contributed by atoms with Gasteiger partial charge in [-0.2, -0.15) is 0 Å². The Morgan fingerprint density at radius 2 is 1.90 bits per heavy atom. The van der Waals surface area contributed by atoms with Crippen LogP contribution in [0.3, 0.4) is 0 Å². The van der Waals surface area contributed by atoms with Gasteiger partial charge < -0.3 is 10.5 Å². The summed E-state index contributed by atoms with van der Waals surface area (Å²) in [4.78, 5) is 0.530. The number of nitrogen functional groups attached to an aromatic ring is 1. The molecule has 0 radical (unpaired) electrons. The molecule has 0 aromatic heterocycles. The van der Waals surface area contributed by atoms with Gasteiger partial charge in [0.15, 0.2) is 0 Å². The number of halogens is 1. The van der Waals surface area contributed by atoms with Crippen molar-refractivity contribution in [2.75, 3.05) is 18.6 Å². The standard InChI is InChI=1S/C15H16ClNO2S/c1-19-12-7-5-11(6-8-12)9-10-20(18)15-13(16)3-2-4-14(15)17/h2-8H,9-10,17H2,1H3. The zero-order valence-corrected chi connectivity index (χ0v) is 12.7. The second-order valence-corrected chi connectivity index (χ2v) is 6.22. The van der Waals surface area contributed by atoms with Crippen molar-refractivity contribution >= 4 is 28.1 Å². The van der Waals surface area contributed by atoms with Gasteiger partial charge in [0.05, 0.1) is 27.8 Å². The van der Waals surface area contributed by atoms with E-state index in [4.69, 9.17) is 22.1 Å². The molecular formula is C15H16ClNO2S. The molecule has 0 bridgehead atoms. The molecule has 0 aliphatic carbocycles. The number of rotatable bonds is 5. The van der Waals surface area contributed by atoms with Gasteiger partial charge in [-0.25, -0.2) is 0 Å². The average molecular weight is 310 g/mol. The highest BCUT2D eigenvalue weighted by Crippen LogP contribution is 2.26. The van der Waals surface area contributed by atoms with E-state index < -0.39 is 10.8 Å². The van der Waals surface area contributed by atoms with E-state index >= 15 is 0 Å². The molecule has 2 rings (SSSR count). The van der Waals surface area contributed by atoms with Crippen molar-refractivity contribution in [1.29, 1.82) is 0 Å². The van der Waals surface area contributed by atoms with Gasteiger partial charge in [0, 0.05) is 11.4 Å². The lowest BCUT2D eigenvalue weighted by Crippen LogP contribution is -2.05. The van der Waals surface area contributed by atoms with E-state index in [1.54, 1.807) is 25.3 Å². The van der Waals surface area contributed by atoms with Crippen LogP contribution in [0, 0.1) is 0 Å². The third kappa shape index (κ3) is 3.52. The third-order valence-electron chi connectivity index (χ3n) is 2.96. The van der Waals surface area contributed by atoms with Crippen LogP contribution in [0.15, 0.2) is 47.4 Å². The number of hydrogen-bond acceptors (Lipinski definition) is 3. The number of hydrogen-bond donors (Lipinski definition) is 1. The van der Waals surface area contributed by atoms with Gasteiger partial charge in [-0.15, -0.1) is 0 Å². The van der Waals surface area contributed by atoms with Crippen molar-refractivity contribution in [2.45, 2.75) is 11.3 Å². The fraction of sp³-hybridized carbons (Fsp3) is 0.200. The summed E-state index contributed by atoms with van der Waals surface area (Å²) in [5.74, 6) is 1.30. The maximum atomic E-state index is 12.3. The molecule has 0 aliphatic heterocycles. The molecule has 0 aliphatic rings. The van der Waals surface area contributed by atoms with Crippen molar-refractivity contribution in [1.82, 2.24) is 0 Å². The molecule has 3 nitrogen and oxygen atoms in total. The van der Waals surface area contributed by atoms with Gasteiger partial charge in [-0.05, 0) is 36.2 Å². The molecule has 1 unspecified atom stereocenters. The molecular weight excluding hydrogens is 294 g/mol. The van der Waals surface area contributed by atoms with E-state index in [9.17, 15) is 4.21 Å². The molecule has 0 spiro atoms. The first-order valence-electron chi connectivity index (χ1n) is 6.17. The van der Waals surface area contributed by atoms with Gasteiger partial charge in [-0.3, -0.25) is 4.21 Å². The zero-order chi connectivity index (χ0) is 14.5. The topological polar surface area (TPSA) is 52.3 Å².